The summed E-state index contributed by atoms with van der Waals surface area (Å²) in [6, 6.07) is 3.82. The Morgan fingerprint density at radius 3 is 3.06 bits per heavy atom. The van der Waals surface area contributed by atoms with Crippen molar-refractivity contribution >= 4 is 0 Å². The second-order valence-corrected chi connectivity index (χ2v) is 4.95. The summed E-state index contributed by atoms with van der Waals surface area (Å²) >= 11 is 0. The van der Waals surface area contributed by atoms with E-state index in [1.165, 1.54) is 0 Å². The van der Waals surface area contributed by atoms with Crippen LogP contribution in [0.25, 0.3) is 0 Å². The van der Waals surface area contributed by atoms with Crippen LogP contribution in [0.1, 0.15) is 12.0 Å². The molecule has 1 fully saturated rings. The van der Waals surface area contributed by atoms with Crippen molar-refractivity contribution in [3.8, 4) is 0 Å². The monoisotopic (exact) mass is 236 g/mol. The van der Waals surface area contributed by atoms with E-state index in [9.17, 15) is 5.11 Å². The Bertz CT molecular complexity index is 356. The zero-order chi connectivity index (χ0) is 12.3. The molecule has 1 N–H and O–H groups in total. The minimum atomic E-state index is -0.809. The molecule has 1 aromatic rings. The first-order valence-corrected chi connectivity index (χ1v) is 5.98. The van der Waals surface area contributed by atoms with E-state index in [0.717, 1.165) is 12.1 Å². The van der Waals surface area contributed by atoms with Gasteiger partial charge in [-0.25, -0.2) is 0 Å². The fourth-order valence-electron chi connectivity index (χ4n) is 2.44. The number of pyridine rings is 1. The molecule has 0 bridgehead atoms. The van der Waals surface area contributed by atoms with Crippen LogP contribution < -0.4 is 0 Å². The van der Waals surface area contributed by atoms with Crippen LogP contribution >= 0.6 is 0 Å². The molecule has 0 amide bonds. The van der Waals surface area contributed by atoms with Crippen molar-refractivity contribution < 1.29 is 9.84 Å². The van der Waals surface area contributed by atoms with Gasteiger partial charge in [-0.2, -0.15) is 0 Å². The summed E-state index contributed by atoms with van der Waals surface area (Å²) < 4.78 is 5.49. The third-order valence-electron chi connectivity index (χ3n) is 3.37. The summed E-state index contributed by atoms with van der Waals surface area (Å²) in [7, 11) is 4.02. The summed E-state index contributed by atoms with van der Waals surface area (Å²) in [5.74, 6) is 0.0930. The van der Waals surface area contributed by atoms with Gasteiger partial charge in [-0.15, -0.1) is 0 Å². The molecule has 1 aliphatic heterocycles. The molecule has 2 rings (SSSR count). The van der Waals surface area contributed by atoms with Gasteiger partial charge in [0.25, 0.3) is 0 Å². The molecule has 1 aromatic heterocycles. The molecule has 0 saturated carbocycles. The molecule has 0 aliphatic carbocycles. The van der Waals surface area contributed by atoms with Gasteiger partial charge in [-0.3, -0.25) is 4.98 Å². The van der Waals surface area contributed by atoms with Crippen molar-refractivity contribution in [1.29, 1.82) is 0 Å². The van der Waals surface area contributed by atoms with Crippen LogP contribution in [-0.4, -0.2) is 48.8 Å². The summed E-state index contributed by atoms with van der Waals surface area (Å²) in [5.41, 5.74) is 0.0895. The largest absolute Gasteiger partial charge is 0.385 e. The van der Waals surface area contributed by atoms with Crippen LogP contribution in [0.4, 0.5) is 0 Å². The molecule has 0 spiro atoms. The van der Waals surface area contributed by atoms with Crippen molar-refractivity contribution in [3.05, 3.63) is 30.1 Å². The molecule has 94 valence electrons. The zero-order valence-electron chi connectivity index (χ0n) is 10.5. The summed E-state index contributed by atoms with van der Waals surface area (Å²) in [5, 5.41) is 10.9. The smallest absolute Gasteiger partial charge is 0.0995 e. The molecule has 1 aliphatic rings. The molecule has 4 nitrogen and oxygen atoms in total. The van der Waals surface area contributed by atoms with Gasteiger partial charge in [0.2, 0.25) is 0 Å². The SMILES string of the molecule is CN(C)C[C@H]1COCC[C@@]1(O)c1cccnc1. The van der Waals surface area contributed by atoms with E-state index in [4.69, 9.17) is 4.74 Å². The predicted molar refractivity (Wildman–Crippen MR) is 65.6 cm³/mol. The van der Waals surface area contributed by atoms with Gasteiger partial charge >= 0.3 is 0 Å². The number of ether oxygens (including phenoxy) is 1. The minimum Gasteiger partial charge on any atom is -0.385 e. The highest BCUT2D eigenvalue weighted by molar-refractivity contribution is 5.20. The van der Waals surface area contributed by atoms with Gasteiger partial charge in [-0.1, -0.05) is 6.07 Å². The van der Waals surface area contributed by atoms with Crippen molar-refractivity contribution in [2.24, 2.45) is 5.92 Å². The van der Waals surface area contributed by atoms with E-state index in [-0.39, 0.29) is 5.92 Å². The van der Waals surface area contributed by atoms with E-state index in [2.05, 4.69) is 9.88 Å². The lowest BCUT2D eigenvalue weighted by atomic mass is 9.78. The molecule has 2 heterocycles. The highest BCUT2D eigenvalue weighted by Gasteiger charge is 2.41. The Morgan fingerprint density at radius 2 is 2.41 bits per heavy atom. The standard InChI is InChI=1S/C13H20N2O2/c1-15(2)9-12-10-17-7-5-13(12,16)11-4-3-6-14-8-11/h3-4,6,8,12,16H,5,7,9-10H2,1-2H3/t12-,13+/m0/s1. The van der Waals surface area contributed by atoms with Crippen molar-refractivity contribution in [2.75, 3.05) is 33.9 Å². The second kappa shape index (κ2) is 5.12. The maximum atomic E-state index is 10.9. The number of hydrogen-bond acceptors (Lipinski definition) is 4. The second-order valence-electron chi connectivity index (χ2n) is 4.95. The summed E-state index contributed by atoms with van der Waals surface area (Å²) in [6.45, 7) is 2.02. The summed E-state index contributed by atoms with van der Waals surface area (Å²) in [6.07, 6.45) is 4.12. The lowest BCUT2D eigenvalue weighted by molar-refractivity contribution is -0.123. The van der Waals surface area contributed by atoms with Gasteiger partial charge in [-0.05, 0) is 20.2 Å². The van der Waals surface area contributed by atoms with Crippen LogP contribution in [0.5, 0.6) is 0 Å². The number of rotatable bonds is 3. The first kappa shape index (κ1) is 12.5. The number of aromatic nitrogens is 1. The molecular formula is C13H20N2O2. The predicted octanol–water partition coefficient (Wildman–Crippen LogP) is 0.867. The lowest BCUT2D eigenvalue weighted by Crippen LogP contribution is -2.47. The van der Waals surface area contributed by atoms with Gasteiger partial charge in [0.15, 0.2) is 0 Å². The van der Waals surface area contributed by atoms with Crippen molar-refractivity contribution in [1.82, 2.24) is 9.88 Å². The molecule has 4 heteroatoms. The molecule has 1 saturated heterocycles. The average molecular weight is 236 g/mol. The van der Waals surface area contributed by atoms with Crippen molar-refractivity contribution in [3.63, 3.8) is 0 Å². The molecular weight excluding hydrogens is 216 g/mol. The first-order valence-electron chi connectivity index (χ1n) is 5.98. The Kier molecular flexibility index (Phi) is 3.76. The third-order valence-corrected chi connectivity index (χ3v) is 3.37. The molecule has 0 radical (unpaired) electrons. The van der Waals surface area contributed by atoms with Gasteiger partial charge < -0.3 is 14.7 Å². The molecule has 2 atom stereocenters. The van der Waals surface area contributed by atoms with Crippen LogP contribution in [-0.2, 0) is 10.3 Å². The van der Waals surface area contributed by atoms with Crippen molar-refractivity contribution in [2.45, 2.75) is 12.0 Å². The highest BCUT2D eigenvalue weighted by atomic mass is 16.5. The Hall–Kier alpha value is -0.970. The van der Waals surface area contributed by atoms with Gasteiger partial charge in [0, 0.05) is 43.4 Å². The van der Waals surface area contributed by atoms with Crippen LogP contribution in [0.15, 0.2) is 24.5 Å². The zero-order valence-corrected chi connectivity index (χ0v) is 10.5. The van der Waals surface area contributed by atoms with Gasteiger partial charge in [0.05, 0.1) is 12.2 Å². The maximum absolute atomic E-state index is 10.9. The lowest BCUT2D eigenvalue weighted by Gasteiger charge is -2.41. The Balaban J connectivity index is 2.25. The van der Waals surface area contributed by atoms with E-state index >= 15 is 0 Å². The van der Waals surface area contributed by atoms with E-state index < -0.39 is 5.60 Å². The van der Waals surface area contributed by atoms with Gasteiger partial charge in [0.1, 0.15) is 0 Å². The molecule has 17 heavy (non-hydrogen) atoms. The molecule has 0 unspecified atom stereocenters. The maximum Gasteiger partial charge on any atom is 0.0995 e. The first-order chi connectivity index (χ1) is 8.13. The minimum absolute atomic E-state index is 0.0930. The Morgan fingerprint density at radius 1 is 1.59 bits per heavy atom. The highest BCUT2D eigenvalue weighted by Crippen LogP contribution is 2.36. The number of hydrogen-bond donors (Lipinski definition) is 1. The van der Waals surface area contributed by atoms with E-state index in [1.54, 1.807) is 12.4 Å². The average Bonchev–Trinajstić information content (AvgIpc) is 2.33. The summed E-state index contributed by atoms with van der Waals surface area (Å²) in [4.78, 5) is 6.19. The van der Waals surface area contributed by atoms with E-state index in [0.29, 0.717) is 19.6 Å². The van der Waals surface area contributed by atoms with Crippen LogP contribution in [0, 0.1) is 5.92 Å². The van der Waals surface area contributed by atoms with E-state index in [1.807, 2.05) is 26.2 Å². The topological polar surface area (TPSA) is 45.6 Å². The van der Waals surface area contributed by atoms with Crippen LogP contribution in [0.2, 0.25) is 0 Å². The number of nitrogens with zero attached hydrogens (tertiary/aromatic N) is 2. The van der Waals surface area contributed by atoms with Crippen LogP contribution in [0.3, 0.4) is 0 Å². The normalized spacial score (nSPS) is 29.5. The fraction of sp³-hybridized carbons (Fsp3) is 0.615. The third kappa shape index (κ3) is 2.65. The number of aliphatic hydroxyl groups is 1. The Labute approximate surface area is 102 Å². The quantitative estimate of drug-likeness (QED) is 0.846. The fourth-order valence-corrected chi connectivity index (χ4v) is 2.44. The molecule has 0 aromatic carbocycles.